The highest BCUT2D eigenvalue weighted by atomic mass is 15.1. The molecule has 0 saturated carbocycles. The van der Waals surface area contributed by atoms with Crippen molar-refractivity contribution in [2.24, 2.45) is 5.92 Å². The molecule has 0 atom stereocenters. The first-order valence-electron chi connectivity index (χ1n) is 9.80. The number of nitrogens with one attached hydrogen (secondary N) is 1. The van der Waals surface area contributed by atoms with Crippen LogP contribution in [0.4, 0.5) is 0 Å². The van der Waals surface area contributed by atoms with Gasteiger partial charge in [0.15, 0.2) is 0 Å². The second-order valence-electron chi connectivity index (χ2n) is 7.50. The highest BCUT2D eigenvalue weighted by Gasteiger charge is 2.13. The van der Waals surface area contributed by atoms with Gasteiger partial charge in [0.25, 0.3) is 0 Å². The third kappa shape index (κ3) is 6.85. The summed E-state index contributed by atoms with van der Waals surface area (Å²) in [7, 11) is 2.01. The monoisotopic (exact) mass is 354 g/mol. The Balaban J connectivity index is 2.11. The van der Waals surface area contributed by atoms with Crippen LogP contribution in [0.3, 0.4) is 0 Å². The molecule has 0 radical (unpaired) electrons. The van der Waals surface area contributed by atoms with Gasteiger partial charge in [-0.2, -0.15) is 0 Å². The molecule has 4 nitrogen and oxygen atoms in total. The Kier molecular flexibility index (Phi) is 8.72. The molecular weight excluding hydrogens is 320 g/mol. The molecule has 0 aliphatic carbocycles. The van der Waals surface area contributed by atoms with Crippen LogP contribution in [0.25, 0.3) is 0 Å². The van der Waals surface area contributed by atoms with Crippen LogP contribution in [0.1, 0.15) is 49.2 Å². The van der Waals surface area contributed by atoms with E-state index >= 15 is 0 Å². The van der Waals surface area contributed by atoms with Crippen molar-refractivity contribution in [3.63, 3.8) is 0 Å². The Hall–Kier alpha value is -1.78. The van der Waals surface area contributed by atoms with E-state index in [4.69, 9.17) is 4.98 Å². The Bertz CT molecular complexity index is 654. The van der Waals surface area contributed by atoms with E-state index in [0.29, 0.717) is 5.92 Å². The number of aryl methyl sites for hydroxylation is 1. The van der Waals surface area contributed by atoms with E-state index in [9.17, 15) is 0 Å². The van der Waals surface area contributed by atoms with Crippen LogP contribution in [-0.4, -0.2) is 35.0 Å². The maximum atomic E-state index is 4.71. The zero-order valence-electron chi connectivity index (χ0n) is 16.8. The molecule has 0 aliphatic rings. The maximum absolute atomic E-state index is 4.71. The lowest BCUT2D eigenvalue weighted by Crippen LogP contribution is -2.27. The standard InChI is InChI=1S/C22H34N4/c1-18(2)15-20-10-8-13-25-22(20)17-26(14-6-5-11-23-4)16-21-19(3)9-7-12-24-21/h7-10,12-13,18,23H,5-6,11,14-17H2,1-4H3. The first-order valence-corrected chi connectivity index (χ1v) is 9.80. The van der Waals surface area contributed by atoms with Crippen LogP contribution in [-0.2, 0) is 19.5 Å². The van der Waals surface area contributed by atoms with Gasteiger partial charge in [-0.1, -0.05) is 26.0 Å². The van der Waals surface area contributed by atoms with Gasteiger partial charge in [0, 0.05) is 25.5 Å². The summed E-state index contributed by atoms with van der Waals surface area (Å²) in [6.45, 7) is 10.6. The van der Waals surface area contributed by atoms with Gasteiger partial charge in [-0.3, -0.25) is 14.9 Å². The molecule has 2 rings (SSSR count). The molecule has 0 aromatic carbocycles. The Morgan fingerprint density at radius 3 is 2.38 bits per heavy atom. The second-order valence-corrected chi connectivity index (χ2v) is 7.50. The van der Waals surface area contributed by atoms with Gasteiger partial charge in [0.05, 0.1) is 11.4 Å². The summed E-state index contributed by atoms with van der Waals surface area (Å²) in [6.07, 6.45) is 7.27. The molecule has 26 heavy (non-hydrogen) atoms. The van der Waals surface area contributed by atoms with Crippen molar-refractivity contribution in [2.45, 2.75) is 53.1 Å². The average Bonchev–Trinajstić information content (AvgIpc) is 2.61. The summed E-state index contributed by atoms with van der Waals surface area (Å²) in [5.74, 6) is 0.639. The third-order valence-corrected chi connectivity index (χ3v) is 4.63. The lowest BCUT2D eigenvalue weighted by molar-refractivity contribution is 0.244. The molecule has 2 aromatic heterocycles. The normalized spacial score (nSPS) is 11.5. The summed E-state index contributed by atoms with van der Waals surface area (Å²) in [5, 5.41) is 3.24. The fraction of sp³-hybridized carbons (Fsp3) is 0.545. The quantitative estimate of drug-likeness (QED) is 0.620. The lowest BCUT2D eigenvalue weighted by Gasteiger charge is -2.24. The van der Waals surface area contributed by atoms with Crippen LogP contribution in [0.15, 0.2) is 36.7 Å². The van der Waals surface area contributed by atoms with Crippen LogP contribution in [0, 0.1) is 12.8 Å². The number of nitrogens with zero attached hydrogens (tertiary/aromatic N) is 3. The first-order chi connectivity index (χ1) is 12.6. The number of aromatic nitrogens is 2. The zero-order chi connectivity index (χ0) is 18.8. The molecule has 2 heterocycles. The second kappa shape index (κ2) is 11.0. The fourth-order valence-corrected chi connectivity index (χ4v) is 3.20. The van der Waals surface area contributed by atoms with E-state index in [0.717, 1.165) is 32.6 Å². The molecule has 0 saturated heterocycles. The molecule has 0 bridgehead atoms. The van der Waals surface area contributed by atoms with Crippen molar-refractivity contribution in [1.29, 1.82) is 0 Å². The number of hydrogen-bond acceptors (Lipinski definition) is 4. The number of unbranched alkanes of at least 4 members (excludes halogenated alkanes) is 1. The van der Waals surface area contributed by atoms with Crippen LogP contribution in [0.2, 0.25) is 0 Å². The number of rotatable bonds is 11. The minimum Gasteiger partial charge on any atom is -0.320 e. The van der Waals surface area contributed by atoms with Gasteiger partial charge in [-0.15, -0.1) is 0 Å². The van der Waals surface area contributed by atoms with Crippen LogP contribution in [0.5, 0.6) is 0 Å². The first kappa shape index (κ1) is 20.5. The highest BCUT2D eigenvalue weighted by molar-refractivity contribution is 5.21. The fourth-order valence-electron chi connectivity index (χ4n) is 3.20. The Labute approximate surface area is 159 Å². The van der Waals surface area contributed by atoms with Crippen LogP contribution < -0.4 is 5.32 Å². The van der Waals surface area contributed by atoms with Crippen molar-refractivity contribution < 1.29 is 0 Å². The van der Waals surface area contributed by atoms with Gasteiger partial charge in [0.1, 0.15) is 0 Å². The zero-order valence-corrected chi connectivity index (χ0v) is 16.8. The maximum Gasteiger partial charge on any atom is 0.0576 e. The number of pyridine rings is 2. The largest absolute Gasteiger partial charge is 0.320 e. The molecule has 0 spiro atoms. The molecular formula is C22H34N4. The van der Waals surface area contributed by atoms with Gasteiger partial charge >= 0.3 is 0 Å². The minimum atomic E-state index is 0.639. The van der Waals surface area contributed by atoms with E-state index in [1.165, 1.54) is 35.4 Å². The molecule has 1 N–H and O–H groups in total. The Morgan fingerprint density at radius 2 is 1.69 bits per heavy atom. The summed E-state index contributed by atoms with van der Waals surface area (Å²) >= 11 is 0. The molecule has 0 unspecified atom stereocenters. The van der Waals surface area contributed by atoms with Gasteiger partial charge in [0.2, 0.25) is 0 Å². The minimum absolute atomic E-state index is 0.639. The van der Waals surface area contributed by atoms with Crippen molar-refractivity contribution >= 4 is 0 Å². The molecule has 0 amide bonds. The molecule has 4 heteroatoms. The van der Waals surface area contributed by atoms with Gasteiger partial charge < -0.3 is 5.32 Å². The van der Waals surface area contributed by atoms with E-state index in [1.807, 2.05) is 25.5 Å². The van der Waals surface area contributed by atoms with E-state index in [1.54, 1.807) is 0 Å². The summed E-state index contributed by atoms with van der Waals surface area (Å²) in [6, 6.07) is 8.44. The van der Waals surface area contributed by atoms with Gasteiger partial charge in [-0.25, -0.2) is 0 Å². The SMILES string of the molecule is CNCCCCN(Cc1ncccc1C)Cc1ncccc1CC(C)C. The predicted molar refractivity (Wildman–Crippen MR) is 109 cm³/mol. The molecule has 2 aromatic rings. The van der Waals surface area contributed by atoms with Crippen LogP contribution >= 0.6 is 0 Å². The van der Waals surface area contributed by atoms with E-state index in [-0.39, 0.29) is 0 Å². The topological polar surface area (TPSA) is 41.0 Å². The summed E-state index contributed by atoms with van der Waals surface area (Å²) < 4.78 is 0. The van der Waals surface area contributed by atoms with Crippen molar-refractivity contribution in [2.75, 3.05) is 20.1 Å². The smallest absolute Gasteiger partial charge is 0.0576 e. The third-order valence-electron chi connectivity index (χ3n) is 4.63. The van der Waals surface area contributed by atoms with Gasteiger partial charge in [-0.05, 0) is 75.5 Å². The lowest BCUT2D eigenvalue weighted by atomic mass is 10.0. The van der Waals surface area contributed by atoms with Crippen molar-refractivity contribution in [3.05, 3.63) is 59.2 Å². The molecule has 142 valence electrons. The van der Waals surface area contributed by atoms with E-state index < -0.39 is 0 Å². The predicted octanol–water partition coefficient (Wildman–Crippen LogP) is 3.99. The summed E-state index contributed by atoms with van der Waals surface area (Å²) in [5.41, 5.74) is 5.02. The van der Waals surface area contributed by atoms with E-state index in [2.05, 4.69) is 54.2 Å². The average molecular weight is 355 g/mol. The summed E-state index contributed by atoms with van der Waals surface area (Å²) in [4.78, 5) is 11.8. The molecule has 0 aliphatic heterocycles. The molecule has 0 fully saturated rings. The van der Waals surface area contributed by atoms with Crippen molar-refractivity contribution in [3.8, 4) is 0 Å². The Morgan fingerprint density at radius 1 is 1.00 bits per heavy atom. The highest BCUT2D eigenvalue weighted by Crippen LogP contribution is 2.16. The number of hydrogen-bond donors (Lipinski definition) is 1. The van der Waals surface area contributed by atoms with Crippen molar-refractivity contribution in [1.82, 2.24) is 20.2 Å².